The van der Waals surface area contributed by atoms with E-state index in [1.165, 1.54) is 23.9 Å². The number of carbonyl (C=O) groups excluding carboxylic acids is 1. The average molecular weight is 497 g/mol. The number of nitrogens with one attached hydrogen (secondary N) is 1. The van der Waals surface area contributed by atoms with E-state index in [1.807, 2.05) is 54.0 Å². The predicted octanol–water partition coefficient (Wildman–Crippen LogP) is 5.94. The van der Waals surface area contributed by atoms with Crippen LogP contribution in [0.3, 0.4) is 0 Å². The van der Waals surface area contributed by atoms with Crippen molar-refractivity contribution in [3.63, 3.8) is 0 Å². The van der Waals surface area contributed by atoms with E-state index in [0.29, 0.717) is 27.7 Å². The second-order valence-corrected chi connectivity index (χ2v) is 8.55. The van der Waals surface area contributed by atoms with E-state index in [4.69, 9.17) is 0 Å². The molecule has 156 valence electrons. The summed E-state index contributed by atoms with van der Waals surface area (Å²) in [5.74, 6) is -0.445. The number of rotatable bonds is 6. The molecule has 0 saturated heterocycles. The molecule has 4 aromatic rings. The smallest absolute Gasteiger partial charge is 0.255 e. The molecule has 0 aliphatic rings. The first kappa shape index (κ1) is 21.3. The van der Waals surface area contributed by atoms with Crippen LogP contribution in [0.15, 0.2) is 87.6 Å². The third-order valence-electron chi connectivity index (χ3n) is 4.65. The van der Waals surface area contributed by atoms with Crippen molar-refractivity contribution in [1.82, 2.24) is 14.8 Å². The minimum atomic E-state index is -0.278. The van der Waals surface area contributed by atoms with E-state index >= 15 is 0 Å². The lowest BCUT2D eigenvalue weighted by atomic mass is 10.1. The Hall–Kier alpha value is -2.97. The molecule has 3 aromatic carbocycles. The van der Waals surface area contributed by atoms with E-state index < -0.39 is 0 Å². The van der Waals surface area contributed by atoms with Crippen LogP contribution < -0.4 is 5.32 Å². The normalized spacial score (nSPS) is 10.8. The van der Waals surface area contributed by atoms with Crippen LogP contribution in [0.1, 0.15) is 21.5 Å². The Bertz CT molecular complexity index is 1230. The maximum atomic E-state index is 13.2. The van der Waals surface area contributed by atoms with Crippen LogP contribution in [0.2, 0.25) is 0 Å². The number of benzene rings is 3. The summed E-state index contributed by atoms with van der Waals surface area (Å²) in [6.07, 6.45) is 0. The Labute approximate surface area is 191 Å². The Morgan fingerprint density at radius 1 is 1.03 bits per heavy atom. The molecule has 0 unspecified atom stereocenters. The highest BCUT2D eigenvalue weighted by atomic mass is 79.9. The van der Waals surface area contributed by atoms with Crippen molar-refractivity contribution in [2.75, 3.05) is 5.32 Å². The largest absolute Gasteiger partial charge is 0.321 e. The summed E-state index contributed by atoms with van der Waals surface area (Å²) in [5, 5.41) is 12.0. The van der Waals surface area contributed by atoms with Crippen LogP contribution in [-0.4, -0.2) is 20.7 Å². The molecule has 0 atom stereocenters. The van der Waals surface area contributed by atoms with Crippen molar-refractivity contribution in [2.45, 2.75) is 23.5 Å². The fourth-order valence-corrected chi connectivity index (χ4v) is 4.43. The second-order valence-electron chi connectivity index (χ2n) is 6.83. The van der Waals surface area contributed by atoms with Crippen LogP contribution >= 0.6 is 27.7 Å². The first-order valence-corrected chi connectivity index (χ1v) is 11.1. The number of halogens is 2. The molecule has 0 spiro atoms. The minimum absolute atomic E-state index is 0.167. The number of amides is 1. The van der Waals surface area contributed by atoms with Crippen LogP contribution in [0.25, 0.3) is 0 Å². The van der Waals surface area contributed by atoms with E-state index in [2.05, 4.69) is 31.4 Å². The third kappa shape index (κ3) is 5.03. The van der Waals surface area contributed by atoms with Gasteiger partial charge in [-0.1, -0.05) is 42.5 Å². The Morgan fingerprint density at radius 2 is 1.74 bits per heavy atom. The lowest BCUT2D eigenvalue weighted by molar-refractivity contribution is 0.102. The predicted molar refractivity (Wildman–Crippen MR) is 123 cm³/mol. The summed E-state index contributed by atoms with van der Waals surface area (Å²) in [7, 11) is 0. The number of para-hydroxylation sites is 1. The van der Waals surface area contributed by atoms with Crippen molar-refractivity contribution in [1.29, 1.82) is 0 Å². The van der Waals surface area contributed by atoms with Gasteiger partial charge in [-0.25, -0.2) is 4.39 Å². The molecule has 5 nitrogen and oxygen atoms in total. The highest BCUT2D eigenvalue weighted by Gasteiger charge is 2.16. The molecule has 0 saturated carbocycles. The fraction of sp³-hybridized carbons (Fsp3) is 0.0870. The molecular weight excluding hydrogens is 479 g/mol. The van der Waals surface area contributed by atoms with Crippen molar-refractivity contribution in [3.8, 4) is 0 Å². The highest BCUT2D eigenvalue weighted by molar-refractivity contribution is 9.10. The Morgan fingerprint density at radius 3 is 2.52 bits per heavy atom. The first-order chi connectivity index (χ1) is 15.0. The number of aryl methyl sites for hydroxylation is 1. The van der Waals surface area contributed by atoms with Crippen LogP contribution in [0.4, 0.5) is 10.1 Å². The molecule has 1 heterocycles. The van der Waals surface area contributed by atoms with Crippen LogP contribution in [0, 0.1) is 12.7 Å². The van der Waals surface area contributed by atoms with Gasteiger partial charge in [0.2, 0.25) is 4.73 Å². The van der Waals surface area contributed by atoms with Gasteiger partial charge in [0.25, 0.3) is 5.91 Å². The molecule has 1 aromatic heterocycles. The van der Waals surface area contributed by atoms with Gasteiger partial charge in [0.05, 0.1) is 12.2 Å². The minimum Gasteiger partial charge on any atom is -0.321 e. The van der Waals surface area contributed by atoms with Crippen molar-refractivity contribution in [3.05, 3.63) is 100 Å². The number of anilines is 1. The van der Waals surface area contributed by atoms with Gasteiger partial charge in [0.15, 0.2) is 5.16 Å². The zero-order valence-corrected chi connectivity index (χ0v) is 19.0. The molecule has 1 amide bonds. The van der Waals surface area contributed by atoms with Crippen molar-refractivity contribution >= 4 is 39.3 Å². The van der Waals surface area contributed by atoms with Gasteiger partial charge >= 0.3 is 0 Å². The second kappa shape index (κ2) is 9.45. The Balaban J connectivity index is 1.58. The zero-order chi connectivity index (χ0) is 21.8. The lowest BCUT2D eigenvalue weighted by Crippen LogP contribution is -2.13. The third-order valence-corrected chi connectivity index (χ3v) is 6.30. The molecule has 0 fully saturated rings. The Kier molecular flexibility index (Phi) is 6.48. The molecule has 0 aliphatic heterocycles. The van der Waals surface area contributed by atoms with Gasteiger partial charge in [-0.05, 0) is 76.1 Å². The highest BCUT2D eigenvalue weighted by Crippen LogP contribution is 2.34. The summed E-state index contributed by atoms with van der Waals surface area (Å²) in [4.78, 5) is 13.6. The van der Waals surface area contributed by atoms with Crippen molar-refractivity contribution < 1.29 is 9.18 Å². The summed E-state index contributed by atoms with van der Waals surface area (Å²) in [5.41, 5.74) is 3.15. The molecule has 31 heavy (non-hydrogen) atoms. The molecule has 0 bridgehead atoms. The van der Waals surface area contributed by atoms with Gasteiger partial charge in [0.1, 0.15) is 5.82 Å². The number of hydrogen-bond donors (Lipinski definition) is 1. The van der Waals surface area contributed by atoms with Crippen LogP contribution in [-0.2, 0) is 6.54 Å². The summed E-state index contributed by atoms with van der Waals surface area (Å²) >= 11 is 4.83. The van der Waals surface area contributed by atoms with E-state index in [-0.39, 0.29) is 11.7 Å². The first-order valence-electron chi connectivity index (χ1n) is 9.48. The molecule has 4 rings (SSSR count). The summed E-state index contributed by atoms with van der Waals surface area (Å²) in [6.45, 7) is 2.39. The van der Waals surface area contributed by atoms with Gasteiger partial charge in [-0.15, -0.1) is 10.2 Å². The number of nitrogens with zero attached hydrogens (tertiary/aromatic N) is 3. The average Bonchev–Trinajstić information content (AvgIpc) is 3.10. The van der Waals surface area contributed by atoms with Crippen molar-refractivity contribution in [2.24, 2.45) is 0 Å². The number of carbonyl (C=O) groups is 1. The molecule has 1 N–H and O–H groups in total. The molecule has 8 heteroatoms. The maximum absolute atomic E-state index is 13.2. The maximum Gasteiger partial charge on any atom is 0.255 e. The standard InChI is InChI=1S/C23H18BrFN4OS/c1-15-6-2-3-7-18(15)21(30)26-19-8-4-5-9-20(19)31-23-28-27-22(24)29(23)14-16-10-12-17(25)13-11-16/h2-13H,14H2,1H3,(H,26,30). The molecular formula is C23H18BrFN4OS. The lowest BCUT2D eigenvalue weighted by Gasteiger charge is -2.12. The number of aromatic nitrogens is 3. The zero-order valence-electron chi connectivity index (χ0n) is 16.5. The number of hydrogen-bond acceptors (Lipinski definition) is 4. The topological polar surface area (TPSA) is 59.8 Å². The fourth-order valence-electron chi connectivity index (χ4n) is 3.03. The summed E-state index contributed by atoms with van der Waals surface area (Å²) < 4.78 is 15.7. The van der Waals surface area contributed by atoms with Gasteiger partial charge < -0.3 is 5.32 Å². The van der Waals surface area contributed by atoms with Crippen LogP contribution in [0.5, 0.6) is 0 Å². The van der Waals surface area contributed by atoms with E-state index in [0.717, 1.165) is 16.0 Å². The SMILES string of the molecule is Cc1ccccc1C(=O)Nc1ccccc1Sc1nnc(Br)n1Cc1ccc(F)cc1. The van der Waals surface area contributed by atoms with Gasteiger partial charge in [0, 0.05) is 10.5 Å². The van der Waals surface area contributed by atoms with E-state index in [9.17, 15) is 9.18 Å². The van der Waals surface area contributed by atoms with E-state index in [1.54, 1.807) is 18.2 Å². The summed E-state index contributed by atoms with van der Waals surface area (Å²) in [6, 6.07) is 21.3. The van der Waals surface area contributed by atoms with Gasteiger partial charge in [-0.3, -0.25) is 9.36 Å². The monoisotopic (exact) mass is 496 g/mol. The van der Waals surface area contributed by atoms with Gasteiger partial charge in [-0.2, -0.15) is 0 Å². The molecule has 0 aliphatic carbocycles. The molecule has 0 radical (unpaired) electrons. The quantitative estimate of drug-likeness (QED) is 0.358.